The maximum atomic E-state index is 11.8. The third-order valence-electron chi connectivity index (χ3n) is 2.58. The zero-order valence-corrected chi connectivity index (χ0v) is 11.4. The molecular formula is C11H20N2O3S. The van der Waals surface area contributed by atoms with Gasteiger partial charge in [0.2, 0.25) is 5.91 Å². The molecule has 1 saturated heterocycles. The van der Waals surface area contributed by atoms with Crippen molar-refractivity contribution in [1.29, 1.82) is 0 Å². The number of carbonyl (C=O) groups is 2. The number of nitrogens with one attached hydrogen (secondary N) is 2. The van der Waals surface area contributed by atoms with Gasteiger partial charge in [0.15, 0.2) is 0 Å². The molecule has 1 atom stereocenters. The average Bonchev–Trinajstić information content (AvgIpc) is 2.28. The first-order valence-corrected chi connectivity index (χ1v) is 6.81. The number of methoxy groups -OCH3 is 1. The Hall–Kier alpha value is -0.750. The van der Waals surface area contributed by atoms with Gasteiger partial charge in [-0.15, -0.1) is 0 Å². The smallest absolute Gasteiger partial charge is 0.330 e. The fourth-order valence-electron chi connectivity index (χ4n) is 1.68. The Morgan fingerprint density at radius 3 is 2.76 bits per heavy atom. The number of esters is 1. The minimum Gasteiger partial charge on any atom is -0.467 e. The van der Waals surface area contributed by atoms with Crippen LogP contribution in [0.1, 0.15) is 20.3 Å². The lowest BCUT2D eigenvalue weighted by Gasteiger charge is -2.26. The average molecular weight is 260 g/mol. The fraction of sp³-hybridized carbons (Fsp3) is 0.818. The van der Waals surface area contributed by atoms with E-state index in [4.69, 9.17) is 0 Å². The van der Waals surface area contributed by atoms with Crippen molar-refractivity contribution in [2.45, 2.75) is 31.8 Å². The third-order valence-corrected chi connectivity index (χ3v) is 3.71. The molecule has 0 radical (unpaired) electrons. The van der Waals surface area contributed by atoms with E-state index in [-0.39, 0.29) is 11.9 Å². The monoisotopic (exact) mass is 260 g/mol. The molecule has 1 aliphatic heterocycles. The molecule has 1 unspecified atom stereocenters. The van der Waals surface area contributed by atoms with Crippen molar-refractivity contribution in [3.05, 3.63) is 0 Å². The zero-order valence-electron chi connectivity index (χ0n) is 10.5. The van der Waals surface area contributed by atoms with Crippen LogP contribution in [0.3, 0.4) is 0 Å². The van der Waals surface area contributed by atoms with Crippen LogP contribution in [0.2, 0.25) is 0 Å². The summed E-state index contributed by atoms with van der Waals surface area (Å²) < 4.78 is 4.63. The number of amides is 1. The molecule has 0 saturated carbocycles. The molecule has 6 heteroatoms. The highest BCUT2D eigenvalue weighted by atomic mass is 32.2. The fourth-order valence-corrected chi connectivity index (χ4v) is 2.63. The quantitative estimate of drug-likeness (QED) is 0.704. The molecule has 0 aliphatic carbocycles. The summed E-state index contributed by atoms with van der Waals surface area (Å²) in [7, 11) is 1.32. The van der Waals surface area contributed by atoms with Crippen molar-refractivity contribution in [3.8, 4) is 0 Å². The molecule has 2 N–H and O–H groups in total. The van der Waals surface area contributed by atoms with E-state index in [2.05, 4.69) is 15.4 Å². The summed E-state index contributed by atoms with van der Waals surface area (Å²) in [6.45, 7) is 4.21. The molecule has 0 bridgehead atoms. The van der Waals surface area contributed by atoms with E-state index in [1.54, 1.807) is 13.8 Å². The van der Waals surface area contributed by atoms with Gasteiger partial charge in [-0.2, -0.15) is 11.8 Å². The van der Waals surface area contributed by atoms with E-state index in [0.717, 1.165) is 18.1 Å². The minimum atomic E-state index is -0.965. The van der Waals surface area contributed by atoms with Crippen LogP contribution in [0.5, 0.6) is 0 Å². The van der Waals surface area contributed by atoms with Gasteiger partial charge in [0.25, 0.3) is 0 Å². The van der Waals surface area contributed by atoms with Gasteiger partial charge < -0.3 is 15.4 Å². The Labute approximate surface area is 106 Å². The summed E-state index contributed by atoms with van der Waals surface area (Å²) in [6.07, 6.45) is 0.396. The maximum absolute atomic E-state index is 11.8. The van der Waals surface area contributed by atoms with Crippen LogP contribution < -0.4 is 10.6 Å². The van der Waals surface area contributed by atoms with E-state index >= 15 is 0 Å². The zero-order chi connectivity index (χ0) is 12.9. The number of hydrogen-bond acceptors (Lipinski definition) is 5. The van der Waals surface area contributed by atoms with Gasteiger partial charge in [0.1, 0.15) is 5.54 Å². The summed E-state index contributed by atoms with van der Waals surface area (Å²) in [4.78, 5) is 23.2. The summed E-state index contributed by atoms with van der Waals surface area (Å²) >= 11 is 1.84. The van der Waals surface area contributed by atoms with Crippen LogP contribution in [0, 0.1) is 0 Å². The van der Waals surface area contributed by atoms with Crippen molar-refractivity contribution in [2.75, 3.05) is 25.2 Å². The lowest BCUT2D eigenvalue weighted by atomic mass is 10.1. The predicted molar refractivity (Wildman–Crippen MR) is 68.0 cm³/mol. The van der Waals surface area contributed by atoms with Crippen LogP contribution >= 0.6 is 11.8 Å². The molecule has 1 rings (SSSR count). The molecule has 0 aromatic heterocycles. The van der Waals surface area contributed by atoms with E-state index < -0.39 is 11.5 Å². The molecule has 5 nitrogen and oxygen atoms in total. The van der Waals surface area contributed by atoms with E-state index in [9.17, 15) is 9.59 Å². The predicted octanol–water partition coefficient (Wildman–Crippen LogP) is 0.149. The van der Waals surface area contributed by atoms with Gasteiger partial charge in [-0.05, 0) is 13.8 Å². The molecule has 1 aliphatic rings. The number of hydrogen-bond donors (Lipinski definition) is 2. The second-order valence-electron chi connectivity index (χ2n) is 4.59. The van der Waals surface area contributed by atoms with Crippen LogP contribution in [-0.2, 0) is 14.3 Å². The summed E-state index contributed by atoms with van der Waals surface area (Å²) in [6, 6.07) is 0.196. The van der Waals surface area contributed by atoms with Crippen molar-refractivity contribution in [2.24, 2.45) is 0 Å². The van der Waals surface area contributed by atoms with Crippen LogP contribution in [-0.4, -0.2) is 48.6 Å². The van der Waals surface area contributed by atoms with Gasteiger partial charge in [-0.25, -0.2) is 4.79 Å². The molecule has 17 heavy (non-hydrogen) atoms. The van der Waals surface area contributed by atoms with Crippen molar-refractivity contribution in [3.63, 3.8) is 0 Å². The lowest BCUT2D eigenvalue weighted by Crippen LogP contribution is -2.52. The van der Waals surface area contributed by atoms with E-state index in [0.29, 0.717) is 6.42 Å². The molecule has 0 aromatic carbocycles. The topological polar surface area (TPSA) is 67.4 Å². The first-order valence-electron chi connectivity index (χ1n) is 5.66. The molecule has 98 valence electrons. The van der Waals surface area contributed by atoms with Gasteiger partial charge in [0, 0.05) is 30.5 Å². The second-order valence-corrected chi connectivity index (χ2v) is 5.74. The Bertz CT molecular complexity index is 288. The van der Waals surface area contributed by atoms with Crippen LogP contribution in [0.25, 0.3) is 0 Å². The Morgan fingerprint density at radius 1 is 1.53 bits per heavy atom. The summed E-state index contributed by atoms with van der Waals surface area (Å²) in [5.41, 5.74) is -0.965. The van der Waals surface area contributed by atoms with Crippen LogP contribution in [0.4, 0.5) is 0 Å². The lowest BCUT2D eigenvalue weighted by molar-refractivity contribution is -0.149. The highest BCUT2D eigenvalue weighted by Crippen LogP contribution is 2.11. The van der Waals surface area contributed by atoms with Gasteiger partial charge in [0.05, 0.1) is 7.11 Å². The van der Waals surface area contributed by atoms with Crippen molar-refractivity contribution in [1.82, 2.24) is 10.6 Å². The highest BCUT2D eigenvalue weighted by Gasteiger charge is 2.31. The standard InChI is InChI=1S/C11H20N2O3S/c1-11(2,10(15)16-3)13-9(14)6-8-7-17-5-4-12-8/h8,12H,4-7H2,1-3H3,(H,13,14). The Morgan fingerprint density at radius 2 is 2.24 bits per heavy atom. The molecule has 0 spiro atoms. The number of ether oxygens (including phenoxy) is 1. The van der Waals surface area contributed by atoms with Gasteiger partial charge in [-0.3, -0.25) is 4.79 Å². The van der Waals surface area contributed by atoms with E-state index in [1.807, 2.05) is 11.8 Å². The maximum Gasteiger partial charge on any atom is 0.330 e. The first-order chi connectivity index (χ1) is 7.95. The number of rotatable bonds is 4. The first kappa shape index (κ1) is 14.3. The summed E-state index contributed by atoms with van der Waals surface area (Å²) in [5.74, 6) is 1.47. The number of thioether (sulfide) groups is 1. The molecule has 1 fully saturated rings. The number of carbonyl (C=O) groups excluding carboxylic acids is 2. The van der Waals surface area contributed by atoms with Gasteiger partial charge in [-0.1, -0.05) is 0 Å². The largest absolute Gasteiger partial charge is 0.467 e. The molecular weight excluding hydrogens is 240 g/mol. The Balaban J connectivity index is 2.40. The highest BCUT2D eigenvalue weighted by molar-refractivity contribution is 7.99. The molecule has 0 aromatic rings. The van der Waals surface area contributed by atoms with Crippen LogP contribution in [0.15, 0.2) is 0 Å². The van der Waals surface area contributed by atoms with Crippen molar-refractivity contribution < 1.29 is 14.3 Å². The molecule has 1 heterocycles. The summed E-state index contributed by atoms with van der Waals surface area (Å²) in [5, 5.41) is 5.97. The van der Waals surface area contributed by atoms with Crippen molar-refractivity contribution >= 4 is 23.6 Å². The second kappa shape index (κ2) is 6.26. The van der Waals surface area contributed by atoms with Gasteiger partial charge >= 0.3 is 5.97 Å². The SMILES string of the molecule is COC(=O)C(C)(C)NC(=O)CC1CSCCN1. The molecule has 1 amide bonds. The van der Waals surface area contributed by atoms with E-state index in [1.165, 1.54) is 7.11 Å². The Kier molecular flexibility index (Phi) is 5.27. The third kappa shape index (κ3) is 4.55. The normalized spacial score (nSPS) is 20.8. The minimum absolute atomic E-state index is 0.125.